The first-order valence-electron chi connectivity index (χ1n) is 4.57. The Morgan fingerprint density at radius 1 is 1.57 bits per heavy atom. The van der Waals surface area contributed by atoms with Gasteiger partial charge in [-0.05, 0) is 26.5 Å². The summed E-state index contributed by atoms with van der Waals surface area (Å²) < 4.78 is 5.02. The van der Waals surface area contributed by atoms with Crippen LogP contribution in [0.3, 0.4) is 0 Å². The minimum absolute atomic E-state index is 0.0132. The Bertz CT molecular complexity index is 175. The van der Waals surface area contributed by atoms with Gasteiger partial charge in [-0.3, -0.25) is 0 Å². The molecule has 0 aromatic heterocycles. The van der Waals surface area contributed by atoms with Gasteiger partial charge in [0.15, 0.2) is 0 Å². The van der Waals surface area contributed by atoms with Gasteiger partial charge in [0, 0.05) is 19.1 Å². The highest BCUT2D eigenvalue weighted by Crippen LogP contribution is 2.06. The molecule has 0 saturated heterocycles. The summed E-state index contributed by atoms with van der Waals surface area (Å²) >= 11 is 4.03. The number of nitrogens with one attached hydrogen (secondary N) is 1. The van der Waals surface area contributed by atoms with Crippen molar-refractivity contribution in [1.29, 1.82) is 0 Å². The molecule has 5 heteroatoms. The van der Waals surface area contributed by atoms with Gasteiger partial charge in [0.25, 0.3) is 0 Å². The monoisotopic (exact) mass is 221 g/mol. The molecular formula is C9H19NO3S. The molecule has 0 rings (SSSR count). The molecule has 0 bridgehead atoms. The second kappa shape index (κ2) is 6.14. The van der Waals surface area contributed by atoms with Gasteiger partial charge in [-0.15, -0.1) is 0 Å². The van der Waals surface area contributed by atoms with Crippen molar-refractivity contribution in [2.75, 3.05) is 18.9 Å². The third kappa shape index (κ3) is 7.03. The van der Waals surface area contributed by atoms with Crippen LogP contribution in [0.4, 0.5) is 4.79 Å². The van der Waals surface area contributed by atoms with E-state index in [0.29, 0.717) is 12.3 Å². The molecule has 0 heterocycles. The van der Waals surface area contributed by atoms with Crippen molar-refractivity contribution in [3.05, 3.63) is 0 Å². The summed E-state index contributed by atoms with van der Waals surface area (Å²) in [6.45, 7) is 5.80. The maximum Gasteiger partial charge on any atom is 0.407 e. The van der Waals surface area contributed by atoms with E-state index < -0.39 is 11.7 Å². The Balaban J connectivity index is 3.74. The van der Waals surface area contributed by atoms with Crippen molar-refractivity contribution in [3.63, 3.8) is 0 Å². The fourth-order valence-corrected chi connectivity index (χ4v) is 0.973. The van der Waals surface area contributed by atoms with Crippen molar-refractivity contribution >= 4 is 18.7 Å². The van der Waals surface area contributed by atoms with Gasteiger partial charge in [-0.1, -0.05) is 0 Å². The van der Waals surface area contributed by atoms with E-state index >= 15 is 0 Å². The first-order valence-corrected chi connectivity index (χ1v) is 5.21. The summed E-state index contributed by atoms with van der Waals surface area (Å²) in [5, 5.41) is 11.4. The topological polar surface area (TPSA) is 58.6 Å². The number of carbonyl (C=O) groups is 1. The number of hydrogen-bond donors (Lipinski definition) is 3. The maximum atomic E-state index is 11.2. The molecule has 4 nitrogen and oxygen atoms in total. The summed E-state index contributed by atoms with van der Waals surface area (Å²) in [5.41, 5.74) is -0.486. The Labute approximate surface area is 90.4 Å². The normalized spacial score (nSPS) is 13.5. The zero-order valence-electron chi connectivity index (χ0n) is 8.91. The molecule has 0 aliphatic heterocycles. The van der Waals surface area contributed by atoms with Crippen LogP contribution in [-0.2, 0) is 4.74 Å². The quantitative estimate of drug-likeness (QED) is 0.622. The molecule has 14 heavy (non-hydrogen) atoms. The van der Waals surface area contributed by atoms with Gasteiger partial charge in [-0.25, -0.2) is 4.79 Å². The lowest BCUT2D eigenvalue weighted by Crippen LogP contribution is -2.36. The first-order chi connectivity index (χ1) is 6.39. The highest BCUT2D eigenvalue weighted by molar-refractivity contribution is 7.80. The largest absolute Gasteiger partial charge is 0.444 e. The molecule has 0 radical (unpaired) electrons. The highest BCUT2D eigenvalue weighted by atomic mass is 32.1. The summed E-state index contributed by atoms with van der Waals surface area (Å²) in [6.07, 6.45) is -0.460. The van der Waals surface area contributed by atoms with Crippen LogP contribution >= 0.6 is 12.6 Å². The molecular weight excluding hydrogens is 202 g/mol. The maximum absolute atomic E-state index is 11.2. The number of ether oxygens (including phenoxy) is 1. The van der Waals surface area contributed by atoms with Gasteiger partial charge in [0.05, 0.1) is 0 Å². The Morgan fingerprint density at radius 3 is 2.50 bits per heavy atom. The number of alkyl carbamates (subject to hydrolysis) is 1. The van der Waals surface area contributed by atoms with E-state index in [9.17, 15) is 4.79 Å². The fraction of sp³-hybridized carbons (Fsp3) is 0.889. The summed E-state index contributed by atoms with van der Waals surface area (Å²) in [7, 11) is 0. The van der Waals surface area contributed by atoms with Crippen molar-refractivity contribution < 1.29 is 14.6 Å². The molecule has 0 spiro atoms. The van der Waals surface area contributed by atoms with Crippen LogP contribution in [0.1, 0.15) is 20.8 Å². The minimum atomic E-state index is -0.486. The lowest BCUT2D eigenvalue weighted by Gasteiger charge is -2.20. The van der Waals surface area contributed by atoms with E-state index in [-0.39, 0.29) is 12.5 Å². The standard InChI is InChI=1S/C9H19NO3S/c1-9(2,3)13-8(12)10-4-7(5-11)6-14/h7,11,14H,4-6H2,1-3H3,(H,10,12). The number of aliphatic hydroxyl groups is 1. The highest BCUT2D eigenvalue weighted by Gasteiger charge is 2.16. The van der Waals surface area contributed by atoms with Crippen LogP contribution in [0.15, 0.2) is 0 Å². The third-order valence-corrected chi connectivity index (χ3v) is 1.97. The molecule has 0 aliphatic carbocycles. The Kier molecular flexibility index (Phi) is 5.95. The summed E-state index contributed by atoms with van der Waals surface area (Å²) in [5.74, 6) is 0.512. The number of aliphatic hydroxyl groups excluding tert-OH is 1. The summed E-state index contributed by atoms with van der Waals surface area (Å²) in [6, 6.07) is 0. The average Bonchev–Trinajstić information content (AvgIpc) is 2.03. The van der Waals surface area contributed by atoms with Gasteiger partial charge in [0.1, 0.15) is 5.60 Å². The molecule has 84 valence electrons. The van der Waals surface area contributed by atoms with Crippen LogP contribution < -0.4 is 5.32 Å². The van der Waals surface area contributed by atoms with Gasteiger partial charge < -0.3 is 15.2 Å². The molecule has 0 aliphatic rings. The van der Waals surface area contributed by atoms with Crippen molar-refractivity contribution in [1.82, 2.24) is 5.32 Å². The zero-order valence-corrected chi connectivity index (χ0v) is 9.80. The SMILES string of the molecule is CC(C)(C)OC(=O)NCC(CO)CS. The van der Waals surface area contributed by atoms with E-state index in [2.05, 4.69) is 17.9 Å². The van der Waals surface area contributed by atoms with E-state index in [4.69, 9.17) is 9.84 Å². The number of amides is 1. The van der Waals surface area contributed by atoms with Crippen molar-refractivity contribution in [3.8, 4) is 0 Å². The third-order valence-electron chi connectivity index (χ3n) is 1.45. The molecule has 0 aromatic carbocycles. The lowest BCUT2D eigenvalue weighted by atomic mass is 10.2. The van der Waals surface area contributed by atoms with Crippen molar-refractivity contribution in [2.24, 2.45) is 5.92 Å². The second-order valence-corrected chi connectivity index (χ2v) is 4.48. The number of carbonyl (C=O) groups excluding carboxylic acids is 1. The van der Waals surface area contributed by atoms with E-state index in [1.165, 1.54) is 0 Å². The Morgan fingerprint density at radius 2 is 2.14 bits per heavy atom. The van der Waals surface area contributed by atoms with E-state index in [1.54, 1.807) is 20.8 Å². The first kappa shape index (κ1) is 13.6. The van der Waals surface area contributed by atoms with Gasteiger partial charge in [0.2, 0.25) is 0 Å². The molecule has 2 N–H and O–H groups in total. The molecule has 0 fully saturated rings. The minimum Gasteiger partial charge on any atom is -0.444 e. The van der Waals surface area contributed by atoms with Gasteiger partial charge in [-0.2, -0.15) is 12.6 Å². The molecule has 0 saturated carbocycles. The second-order valence-electron chi connectivity index (χ2n) is 4.11. The zero-order chi connectivity index (χ0) is 11.2. The molecule has 1 unspecified atom stereocenters. The van der Waals surface area contributed by atoms with Crippen LogP contribution in [0.2, 0.25) is 0 Å². The van der Waals surface area contributed by atoms with Crippen molar-refractivity contribution in [2.45, 2.75) is 26.4 Å². The summed E-state index contributed by atoms with van der Waals surface area (Å²) in [4.78, 5) is 11.2. The number of hydrogen-bond acceptors (Lipinski definition) is 4. The van der Waals surface area contributed by atoms with Crippen LogP contribution in [0.25, 0.3) is 0 Å². The number of rotatable bonds is 4. The van der Waals surface area contributed by atoms with E-state index in [1.807, 2.05) is 0 Å². The predicted molar refractivity (Wildman–Crippen MR) is 58.7 cm³/mol. The van der Waals surface area contributed by atoms with Gasteiger partial charge >= 0.3 is 6.09 Å². The molecule has 0 aromatic rings. The Hall–Kier alpha value is -0.420. The van der Waals surface area contributed by atoms with Crippen LogP contribution in [0, 0.1) is 5.92 Å². The lowest BCUT2D eigenvalue weighted by molar-refractivity contribution is 0.0515. The smallest absolute Gasteiger partial charge is 0.407 e. The fourth-order valence-electron chi connectivity index (χ4n) is 0.729. The average molecular weight is 221 g/mol. The molecule has 1 amide bonds. The van der Waals surface area contributed by atoms with Crippen LogP contribution in [0.5, 0.6) is 0 Å². The predicted octanol–water partition coefficient (Wildman–Crippen LogP) is 1.05. The van der Waals surface area contributed by atoms with Crippen LogP contribution in [-0.4, -0.2) is 35.7 Å². The number of thiol groups is 1. The van der Waals surface area contributed by atoms with E-state index in [0.717, 1.165) is 0 Å². The molecule has 1 atom stereocenters.